The van der Waals surface area contributed by atoms with Crippen LogP contribution in [0.3, 0.4) is 0 Å². The van der Waals surface area contributed by atoms with Crippen LogP contribution in [0.5, 0.6) is 0 Å². The topological polar surface area (TPSA) is 44.5 Å². The van der Waals surface area contributed by atoms with Crippen molar-refractivity contribution in [2.45, 2.75) is 65.6 Å². The second kappa shape index (κ2) is 4.80. The number of nitrogens with two attached hydrogens (primary N) is 1. The first-order valence-electron chi connectivity index (χ1n) is 7.43. The summed E-state index contributed by atoms with van der Waals surface area (Å²) in [4.78, 5) is 0. The Balaban J connectivity index is 0.000000367. The van der Waals surface area contributed by atoms with Crippen LogP contribution in [0.1, 0.15) is 53.9 Å². The summed E-state index contributed by atoms with van der Waals surface area (Å²) < 4.78 is 11.9. The van der Waals surface area contributed by atoms with Gasteiger partial charge in [-0.2, -0.15) is 0 Å². The van der Waals surface area contributed by atoms with E-state index >= 15 is 0 Å². The highest BCUT2D eigenvalue weighted by Crippen LogP contribution is 2.65. The van der Waals surface area contributed by atoms with Gasteiger partial charge in [-0.1, -0.05) is 34.1 Å². The van der Waals surface area contributed by atoms with Crippen LogP contribution in [0.25, 0.3) is 0 Å². The van der Waals surface area contributed by atoms with Gasteiger partial charge in [0.05, 0.1) is 11.7 Å². The van der Waals surface area contributed by atoms with E-state index in [2.05, 4.69) is 34.6 Å². The highest BCUT2D eigenvalue weighted by Gasteiger charge is 2.67. The van der Waals surface area contributed by atoms with Crippen LogP contribution in [0.15, 0.2) is 0 Å². The monoisotopic (exact) mass is 253 g/mol. The van der Waals surface area contributed by atoms with Crippen LogP contribution in [0, 0.1) is 17.3 Å². The molecule has 4 heteroatoms. The second-order valence-corrected chi connectivity index (χ2v) is 6.84. The smallest absolute Gasteiger partial charge is 0.405 e. The minimum absolute atomic E-state index is 0.0811. The standard InChI is InChI=1S/C11H20BNO2.C3H8/c1-10(2)7-4-8(10)11(3)9(5-7)14-12(6-13)15-11;1-3-2/h7-9H,4-6,13H2,1-3H3;3H2,1-2H3/t7?,8-,9+,11-;/m0./s1. The van der Waals surface area contributed by atoms with E-state index < -0.39 is 0 Å². The molecule has 0 radical (unpaired) electrons. The van der Waals surface area contributed by atoms with Crippen LogP contribution < -0.4 is 5.73 Å². The van der Waals surface area contributed by atoms with E-state index in [-0.39, 0.29) is 18.8 Å². The Morgan fingerprint density at radius 1 is 1.22 bits per heavy atom. The Morgan fingerprint density at radius 2 is 1.83 bits per heavy atom. The summed E-state index contributed by atoms with van der Waals surface area (Å²) in [5, 5.41) is 0. The molecule has 3 aliphatic carbocycles. The first-order valence-corrected chi connectivity index (χ1v) is 7.43. The summed E-state index contributed by atoms with van der Waals surface area (Å²) in [7, 11) is -0.171. The van der Waals surface area contributed by atoms with Crippen LogP contribution in [0.2, 0.25) is 0 Å². The summed E-state index contributed by atoms with van der Waals surface area (Å²) in [6, 6.07) is 0. The minimum Gasteiger partial charge on any atom is -0.405 e. The third-order valence-electron chi connectivity index (χ3n) is 5.19. The molecular formula is C14H28BNO2. The summed E-state index contributed by atoms with van der Waals surface area (Å²) in [5.74, 6) is 1.46. The molecule has 0 aromatic carbocycles. The normalized spacial score (nSPS) is 43.7. The van der Waals surface area contributed by atoms with Crippen molar-refractivity contribution in [1.82, 2.24) is 0 Å². The lowest BCUT2D eigenvalue weighted by Crippen LogP contribution is -2.65. The zero-order valence-corrected chi connectivity index (χ0v) is 12.5. The molecule has 0 aromatic heterocycles. The largest absolute Gasteiger partial charge is 0.472 e. The van der Waals surface area contributed by atoms with Crippen molar-refractivity contribution in [2.75, 3.05) is 6.44 Å². The van der Waals surface area contributed by atoms with Gasteiger partial charge in [-0.15, -0.1) is 0 Å². The van der Waals surface area contributed by atoms with Gasteiger partial charge in [-0.05, 0) is 37.0 Å². The van der Waals surface area contributed by atoms with E-state index in [1.54, 1.807) is 0 Å². The molecular weight excluding hydrogens is 225 g/mol. The maximum absolute atomic E-state index is 6.04. The minimum atomic E-state index is -0.171. The van der Waals surface area contributed by atoms with Gasteiger partial charge in [0.15, 0.2) is 0 Å². The molecule has 2 bridgehead atoms. The molecule has 1 heterocycles. The second-order valence-electron chi connectivity index (χ2n) is 6.84. The van der Waals surface area contributed by atoms with Gasteiger partial charge in [0, 0.05) is 6.44 Å². The van der Waals surface area contributed by atoms with Crippen LogP contribution in [-0.4, -0.2) is 25.3 Å². The fraction of sp³-hybridized carbons (Fsp3) is 1.00. The summed E-state index contributed by atoms with van der Waals surface area (Å²) in [6.45, 7) is 11.2. The number of hydrogen-bond donors (Lipinski definition) is 1. The molecule has 4 aliphatic rings. The Labute approximate surface area is 112 Å². The average Bonchev–Trinajstić information content (AvgIpc) is 2.65. The quantitative estimate of drug-likeness (QED) is 0.730. The molecule has 0 amide bonds. The maximum Gasteiger partial charge on any atom is 0.472 e. The summed E-state index contributed by atoms with van der Waals surface area (Å²) in [5.41, 5.74) is 5.97. The average molecular weight is 253 g/mol. The Kier molecular flexibility index (Phi) is 3.83. The van der Waals surface area contributed by atoms with E-state index in [4.69, 9.17) is 15.0 Å². The Morgan fingerprint density at radius 3 is 2.33 bits per heavy atom. The first kappa shape index (κ1) is 14.4. The van der Waals surface area contributed by atoms with Crippen molar-refractivity contribution in [3.05, 3.63) is 0 Å². The molecule has 3 saturated carbocycles. The zero-order valence-electron chi connectivity index (χ0n) is 12.5. The molecule has 2 N–H and O–H groups in total. The van der Waals surface area contributed by atoms with Gasteiger partial charge in [0.2, 0.25) is 0 Å². The fourth-order valence-electron chi connectivity index (χ4n) is 4.05. The Hall–Kier alpha value is -0.0551. The number of hydrogen-bond acceptors (Lipinski definition) is 3. The third kappa shape index (κ3) is 1.93. The van der Waals surface area contributed by atoms with Crippen LogP contribution >= 0.6 is 0 Å². The lowest BCUT2D eigenvalue weighted by atomic mass is 9.43. The lowest BCUT2D eigenvalue weighted by Gasteiger charge is -2.64. The molecule has 4 fully saturated rings. The fourth-order valence-corrected chi connectivity index (χ4v) is 4.05. The first-order chi connectivity index (χ1) is 8.40. The highest BCUT2D eigenvalue weighted by atomic mass is 16.7. The maximum atomic E-state index is 6.04. The third-order valence-corrected chi connectivity index (χ3v) is 5.19. The lowest BCUT2D eigenvalue weighted by molar-refractivity contribution is -0.199. The predicted molar refractivity (Wildman–Crippen MR) is 75.1 cm³/mol. The number of rotatable bonds is 1. The SMILES string of the molecule is CC1(C)C2C[C@H]3OB(CN)O[C@@]3(C)[C@H]1C2.CCC. The molecule has 4 rings (SSSR count). The van der Waals surface area contributed by atoms with Gasteiger partial charge >= 0.3 is 7.12 Å². The van der Waals surface area contributed by atoms with Crippen molar-refractivity contribution in [1.29, 1.82) is 0 Å². The van der Waals surface area contributed by atoms with Gasteiger partial charge in [-0.3, -0.25) is 0 Å². The van der Waals surface area contributed by atoms with Crippen molar-refractivity contribution >= 4 is 7.12 Å². The zero-order chi connectivity index (χ0) is 13.6. The molecule has 18 heavy (non-hydrogen) atoms. The summed E-state index contributed by atoms with van der Waals surface area (Å²) in [6.07, 6.45) is 4.46. The van der Waals surface area contributed by atoms with E-state index in [9.17, 15) is 0 Å². The van der Waals surface area contributed by atoms with Crippen LogP contribution in [0.4, 0.5) is 0 Å². The molecule has 4 atom stereocenters. The van der Waals surface area contributed by atoms with Gasteiger partial charge in [-0.25, -0.2) is 0 Å². The van der Waals surface area contributed by atoms with Gasteiger partial charge in [0.1, 0.15) is 0 Å². The molecule has 104 valence electrons. The molecule has 1 saturated heterocycles. The molecule has 0 spiro atoms. The van der Waals surface area contributed by atoms with Crippen molar-refractivity contribution in [2.24, 2.45) is 23.0 Å². The van der Waals surface area contributed by atoms with Crippen molar-refractivity contribution in [3.63, 3.8) is 0 Å². The van der Waals surface area contributed by atoms with E-state index in [0.717, 1.165) is 12.3 Å². The van der Waals surface area contributed by atoms with Gasteiger partial charge in [0.25, 0.3) is 0 Å². The molecule has 1 unspecified atom stereocenters. The van der Waals surface area contributed by atoms with E-state index in [0.29, 0.717) is 17.8 Å². The summed E-state index contributed by atoms with van der Waals surface area (Å²) >= 11 is 0. The highest BCUT2D eigenvalue weighted by molar-refractivity contribution is 6.45. The molecule has 0 aromatic rings. The molecule has 1 aliphatic heterocycles. The van der Waals surface area contributed by atoms with E-state index in [1.807, 2.05) is 0 Å². The van der Waals surface area contributed by atoms with E-state index in [1.165, 1.54) is 12.8 Å². The van der Waals surface area contributed by atoms with Crippen molar-refractivity contribution in [3.8, 4) is 0 Å². The van der Waals surface area contributed by atoms with Crippen molar-refractivity contribution < 1.29 is 9.31 Å². The Bertz CT molecular complexity index is 310. The predicted octanol–water partition coefficient (Wildman–Crippen LogP) is 2.63. The molecule has 3 nitrogen and oxygen atoms in total. The van der Waals surface area contributed by atoms with Gasteiger partial charge < -0.3 is 15.0 Å². The van der Waals surface area contributed by atoms with Crippen LogP contribution in [-0.2, 0) is 9.31 Å².